The van der Waals surface area contributed by atoms with Crippen LogP contribution < -0.4 is 25.8 Å². The minimum atomic E-state index is -1.69. The van der Waals surface area contributed by atoms with Gasteiger partial charge in [-0.2, -0.15) is 0 Å². The van der Waals surface area contributed by atoms with Crippen LogP contribution in [0.25, 0.3) is 0 Å². The molecule has 0 spiro atoms. The fraction of sp³-hybridized carbons (Fsp3) is 0.429. The van der Waals surface area contributed by atoms with E-state index in [1.165, 1.54) is 23.9 Å². The number of carbonyl (C=O) groups is 3. The quantitative estimate of drug-likeness (QED) is 0.112. The minimum absolute atomic E-state index is 0.0265. The lowest BCUT2D eigenvalue weighted by atomic mass is 9.98. The Hall–Kier alpha value is -5.00. The molecule has 6 atom stereocenters. The molecule has 0 saturated carbocycles. The number of nitrogens with one attached hydrogen (secondary N) is 2. The largest absolute Gasteiger partial charge is 0.493 e. The molecule has 2 aromatic carbocycles. The van der Waals surface area contributed by atoms with Crippen molar-refractivity contribution in [3.8, 4) is 11.5 Å². The normalized spacial score (nSPS) is 24.3. The number of anilines is 3. The van der Waals surface area contributed by atoms with Gasteiger partial charge in [-0.25, -0.2) is 0 Å². The highest BCUT2D eigenvalue weighted by Crippen LogP contribution is 2.38. The number of piperidine rings is 1. The van der Waals surface area contributed by atoms with Gasteiger partial charge in [-0.05, 0) is 62.1 Å². The summed E-state index contributed by atoms with van der Waals surface area (Å²) in [6.45, 7) is 0.146. The molecule has 3 aliphatic rings. The number of aromatic nitrogens is 1. The van der Waals surface area contributed by atoms with Crippen molar-refractivity contribution in [3.63, 3.8) is 0 Å². The Morgan fingerprint density at radius 1 is 1.02 bits per heavy atom. The molecule has 16 heteroatoms. The number of fused-ring (bicyclic) bond motifs is 2. The smallest absolute Gasteiger partial charge is 0.272 e. The Morgan fingerprint density at radius 3 is 2.55 bits per heavy atom. The lowest BCUT2D eigenvalue weighted by molar-refractivity contribution is -0.251. The van der Waals surface area contributed by atoms with Crippen LogP contribution in [-0.2, 0) is 9.53 Å². The highest BCUT2D eigenvalue weighted by molar-refractivity contribution is 6.05. The van der Waals surface area contributed by atoms with Crippen molar-refractivity contribution in [2.45, 2.75) is 68.8 Å². The molecule has 0 unspecified atom stereocenters. The summed E-state index contributed by atoms with van der Waals surface area (Å²) in [5.41, 5.74) is 7.72. The fourth-order valence-corrected chi connectivity index (χ4v) is 6.44. The van der Waals surface area contributed by atoms with Crippen LogP contribution in [-0.4, -0.2) is 111 Å². The monoisotopic (exact) mass is 706 g/mol. The Morgan fingerprint density at radius 2 is 1.80 bits per heavy atom. The first-order chi connectivity index (χ1) is 24.6. The molecule has 8 N–H and O–H groups in total. The number of rotatable bonds is 11. The average Bonchev–Trinajstić information content (AvgIpc) is 3.49. The standard InChI is InChI=1S/C35H42N6O10/c1-49-26-14-23-24(37-16-22-5-2-3-11-40(22)34(23)48)15-27(26)50-12-4-6-29(43)38-21-13-25(33(47)39-20-9-7-19(36)8-10-20)41(17-21)35-32(46)31(45)30(44)28(18-42)51-35/h7-10,13-17,22,28,30-32,35,42,44-46H,2-6,11-12,18,36H2,1H3,(H,38,43)(H,39,47)/t22-,28+,30+,31-,32+,35+/m0/s1. The van der Waals surface area contributed by atoms with Crippen LogP contribution in [0.1, 0.15) is 59.2 Å². The van der Waals surface area contributed by atoms with Crippen LogP contribution in [0.4, 0.5) is 22.7 Å². The molecule has 6 rings (SSSR count). The van der Waals surface area contributed by atoms with Crippen LogP contribution in [0.15, 0.2) is 53.7 Å². The molecule has 3 amide bonds. The number of aliphatic imine (C=N–C) groups is 1. The summed E-state index contributed by atoms with van der Waals surface area (Å²) in [7, 11) is 1.48. The molecule has 1 aromatic heterocycles. The summed E-state index contributed by atoms with van der Waals surface area (Å²) in [6.07, 6.45) is -1.28. The van der Waals surface area contributed by atoms with Crippen molar-refractivity contribution in [2.24, 2.45) is 4.99 Å². The second-order valence-corrected chi connectivity index (χ2v) is 12.7. The molecule has 51 heavy (non-hydrogen) atoms. The number of amides is 3. The number of hydrogen-bond donors (Lipinski definition) is 7. The first kappa shape index (κ1) is 35.8. The van der Waals surface area contributed by atoms with E-state index in [0.717, 1.165) is 19.3 Å². The van der Waals surface area contributed by atoms with E-state index in [1.807, 2.05) is 4.90 Å². The van der Waals surface area contributed by atoms with Crippen LogP contribution >= 0.6 is 0 Å². The molecule has 4 heterocycles. The number of carbonyl (C=O) groups excluding carboxylic acids is 3. The van der Waals surface area contributed by atoms with E-state index in [4.69, 9.17) is 19.9 Å². The van der Waals surface area contributed by atoms with Gasteiger partial charge in [0.2, 0.25) is 5.91 Å². The van der Waals surface area contributed by atoms with E-state index < -0.39 is 49.1 Å². The van der Waals surface area contributed by atoms with E-state index in [9.17, 15) is 34.8 Å². The topological polar surface area (TPSA) is 230 Å². The summed E-state index contributed by atoms with van der Waals surface area (Å²) < 4.78 is 18.4. The number of benzene rings is 2. The maximum absolute atomic E-state index is 13.4. The van der Waals surface area contributed by atoms with Gasteiger partial charge in [0.25, 0.3) is 11.8 Å². The Bertz CT molecular complexity index is 1780. The van der Waals surface area contributed by atoms with Gasteiger partial charge in [0.05, 0.1) is 43.3 Å². The second-order valence-electron chi connectivity index (χ2n) is 12.7. The van der Waals surface area contributed by atoms with Crippen molar-refractivity contribution < 1.29 is 49.0 Å². The molecule has 272 valence electrons. The SMILES string of the molecule is COc1cc2c(cc1OCCCC(=O)Nc1cc(C(=O)Nc3ccc(N)cc3)n([C@@H]3O[C@H](CO)[C@@H](O)[C@H](O)[C@H]3O)c1)N=C[C@@H]1CCCCN1C2=O. The first-order valence-electron chi connectivity index (χ1n) is 16.8. The van der Waals surface area contributed by atoms with Crippen molar-refractivity contribution in [3.05, 3.63) is 59.9 Å². The molecule has 3 aromatic rings. The van der Waals surface area contributed by atoms with E-state index in [2.05, 4.69) is 15.6 Å². The number of nitrogen functional groups attached to an aromatic ring is 1. The number of nitrogens with two attached hydrogens (primary N) is 1. The molecule has 16 nitrogen and oxygen atoms in total. The van der Waals surface area contributed by atoms with E-state index in [-0.39, 0.29) is 36.4 Å². The predicted molar refractivity (Wildman–Crippen MR) is 185 cm³/mol. The molecule has 3 aliphatic heterocycles. The number of methoxy groups -OCH3 is 1. The maximum Gasteiger partial charge on any atom is 0.272 e. The number of aliphatic hydroxyl groups is 4. The van der Waals surface area contributed by atoms with Gasteiger partial charge in [-0.15, -0.1) is 0 Å². The van der Waals surface area contributed by atoms with Crippen LogP contribution in [0.2, 0.25) is 0 Å². The Kier molecular flexibility index (Phi) is 10.9. The molecule has 0 radical (unpaired) electrons. The van der Waals surface area contributed by atoms with Crippen molar-refractivity contribution in [1.29, 1.82) is 0 Å². The first-order valence-corrected chi connectivity index (χ1v) is 16.8. The zero-order valence-electron chi connectivity index (χ0n) is 28.0. The van der Waals surface area contributed by atoms with Gasteiger partial charge < -0.3 is 60.5 Å². The van der Waals surface area contributed by atoms with Gasteiger partial charge in [0.1, 0.15) is 30.1 Å². The number of nitrogens with zero attached hydrogens (tertiary/aromatic N) is 3. The van der Waals surface area contributed by atoms with E-state index in [1.54, 1.807) is 42.6 Å². The van der Waals surface area contributed by atoms with Crippen LogP contribution in [0, 0.1) is 0 Å². The van der Waals surface area contributed by atoms with Gasteiger partial charge in [-0.3, -0.25) is 19.4 Å². The van der Waals surface area contributed by atoms with Gasteiger partial charge in [-0.1, -0.05) is 0 Å². The number of ether oxygens (including phenoxy) is 3. The number of aliphatic hydroxyl groups excluding tert-OH is 4. The van der Waals surface area contributed by atoms with Crippen molar-refractivity contribution >= 4 is 46.7 Å². The molecule has 0 aliphatic carbocycles. The summed E-state index contributed by atoms with van der Waals surface area (Å²) in [4.78, 5) is 46.1. The fourth-order valence-electron chi connectivity index (χ4n) is 6.44. The summed E-state index contributed by atoms with van der Waals surface area (Å²) in [6, 6.07) is 11.0. The van der Waals surface area contributed by atoms with Gasteiger partial charge in [0, 0.05) is 42.8 Å². The highest BCUT2D eigenvalue weighted by Gasteiger charge is 2.45. The zero-order chi connectivity index (χ0) is 36.2. The van der Waals surface area contributed by atoms with Crippen LogP contribution in [0.3, 0.4) is 0 Å². The van der Waals surface area contributed by atoms with Crippen molar-refractivity contribution in [2.75, 3.05) is 43.2 Å². The lowest BCUT2D eigenvalue weighted by Gasteiger charge is -2.40. The minimum Gasteiger partial charge on any atom is -0.493 e. The zero-order valence-corrected chi connectivity index (χ0v) is 28.0. The summed E-state index contributed by atoms with van der Waals surface area (Å²) >= 11 is 0. The molecule has 2 saturated heterocycles. The Labute approximate surface area is 293 Å². The van der Waals surface area contributed by atoms with Gasteiger partial charge >= 0.3 is 0 Å². The lowest BCUT2D eigenvalue weighted by Crippen LogP contribution is -2.56. The third kappa shape index (κ3) is 7.69. The number of hydrogen-bond acceptors (Lipinski definition) is 12. The van der Waals surface area contributed by atoms with E-state index in [0.29, 0.717) is 47.1 Å². The summed E-state index contributed by atoms with van der Waals surface area (Å²) in [5.74, 6) is -0.385. The third-order valence-electron chi connectivity index (χ3n) is 9.19. The average molecular weight is 707 g/mol. The molecular weight excluding hydrogens is 664 g/mol. The predicted octanol–water partition coefficient (Wildman–Crippen LogP) is 1.81. The molecule has 2 fully saturated rings. The maximum atomic E-state index is 13.4. The highest BCUT2D eigenvalue weighted by atomic mass is 16.6. The summed E-state index contributed by atoms with van der Waals surface area (Å²) in [5, 5.41) is 46.6. The Balaban J connectivity index is 1.13. The third-order valence-corrected chi connectivity index (χ3v) is 9.19. The van der Waals surface area contributed by atoms with Crippen molar-refractivity contribution in [1.82, 2.24) is 9.47 Å². The van der Waals surface area contributed by atoms with E-state index >= 15 is 0 Å². The molecular formula is C35H42N6O10. The van der Waals surface area contributed by atoms with Crippen LogP contribution in [0.5, 0.6) is 11.5 Å². The molecule has 0 bridgehead atoms. The van der Waals surface area contributed by atoms with Gasteiger partial charge in [0.15, 0.2) is 17.7 Å². The second kappa shape index (κ2) is 15.5.